The number of esters is 1. The number of rotatable bonds is 4. The van der Waals surface area contributed by atoms with E-state index in [1.54, 1.807) is 28.6 Å². The molecule has 1 atom stereocenters. The fraction of sp³-hybridized carbons (Fsp3) is 0.316. The second-order valence-corrected chi connectivity index (χ2v) is 8.08. The van der Waals surface area contributed by atoms with Crippen molar-refractivity contribution >= 4 is 16.0 Å². The van der Waals surface area contributed by atoms with E-state index in [0.717, 1.165) is 19.3 Å². The van der Waals surface area contributed by atoms with Gasteiger partial charge in [0.25, 0.3) is 0 Å². The van der Waals surface area contributed by atoms with E-state index < -0.39 is 16.0 Å². The van der Waals surface area contributed by atoms with E-state index in [4.69, 9.17) is 4.74 Å². The molecule has 0 spiro atoms. The van der Waals surface area contributed by atoms with Gasteiger partial charge in [0.2, 0.25) is 10.0 Å². The van der Waals surface area contributed by atoms with E-state index in [0.29, 0.717) is 17.9 Å². The highest BCUT2D eigenvalue weighted by atomic mass is 32.2. The zero-order valence-electron chi connectivity index (χ0n) is 14.1. The maximum absolute atomic E-state index is 12.8. The second-order valence-electron chi connectivity index (χ2n) is 6.19. The minimum Gasteiger partial charge on any atom is -0.423 e. The summed E-state index contributed by atoms with van der Waals surface area (Å²) < 4.78 is 32.4. The molecule has 0 N–H and O–H groups in total. The Balaban J connectivity index is 1.76. The Hall–Kier alpha value is -2.18. The molecule has 0 radical (unpaired) electrons. The third kappa shape index (κ3) is 3.91. The van der Waals surface area contributed by atoms with Crippen molar-refractivity contribution < 1.29 is 17.9 Å². The highest BCUT2D eigenvalue weighted by Gasteiger charge is 2.30. The number of piperidine rings is 1. The summed E-state index contributed by atoms with van der Waals surface area (Å²) in [6.45, 7) is 2.48. The molecule has 1 aliphatic rings. The lowest BCUT2D eigenvalue weighted by molar-refractivity contribution is 0.0734. The standard InChI is InChI=1S/C19H21NO4S/c1-15-7-5-6-14-20(15)25(22,23)18-12-10-16(11-13-18)19(21)24-17-8-3-2-4-9-17/h2-4,8-13,15H,5-7,14H2,1H3/t15-/m1/s1. The van der Waals surface area contributed by atoms with Crippen LogP contribution in [0.15, 0.2) is 59.5 Å². The molecule has 1 aliphatic heterocycles. The van der Waals surface area contributed by atoms with Gasteiger partial charge < -0.3 is 4.74 Å². The predicted molar refractivity (Wildman–Crippen MR) is 95.0 cm³/mol. The molecule has 1 saturated heterocycles. The van der Waals surface area contributed by atoms with Gasteiger partial charge in [0.1, 0.15) is 5.75 Å². The molecule has 3 rings (SSSR count). The Morgan fingerprint density at radius 2 is 1.72 bits per heavy atom. The number of ether oxygens (including phenoxy) is 1. The summed E-state index contributed by atoms with van der Waals surface area (Å²) in [5, 5.41) is 0. The van der Waals surface area contributed by atoms with E-state index in [1.165, 1.54) is 24.3 Å². The van der Waals surface area contributed by atoms with Crippen molar-refractivity contribution in [3.8, 4) is 5.75 Å². The maximum atomic E-state index is 12.8. The highest BCUT2D eigenvalue weighted by molar-refractivity contribution is 7.89. The number of benzene rings is 2. The number of sulfonamides is 1. The summed E-state index contributed by atoms with van der Waals surface area (Å²) in [5.74, 6) is -0.0622. The van der Waals surface area contributed by atoms with Gasteiger partial charge in [0.05, 0.1) is 10.5 Å². The predicted octanol–water partition coefficient (Wildman–Crippen LogP) is 3.47. The van der Waals surface area contributed by atoms with Crippen LogP contribution in [-0.2, 0) is 10.0 Å². The van der Waals surface area contributed by atoms with E-state index >= 15 is 0 Å². The molecule has 0 unspecified atom stereocenters. The molecule has 6 heteroatoms. The van der Waals surface area contributed by atoms with Crippen LogP contribution in [0.5, 0.6) is 5.75 Å². The van der Waals surface area contributed by atoms with Crippen molar-refractivity contribution in [3.05, 3.63) is 60.2 Å². The van der Waals surface area contributed by atoms with Gasteiger partial charge in [-0.25, -0.2) is 13.2 Å². The van der Waals surface area contributed by atoms with Crippen molar-refractivity contribution in [1.82, 2.24) is 4.31 Å². The fourth-order valence-corrected chi connectivity index (χ4v) is 4.68. The lowest BCUT2D eigenvalue weighted by Gasteiger charge is -2.32. The van der Waals surface area contributed by atoms with Crippen LogP contribution < -0.4 is 4.74 Å². The van der Waals surface area contributed by atoms with Crippen LogP contribution in [0.3, 0.4) is 0 Å². The number of carbonyl (C=O) groups excluding carboxylic acids is 1. The lowest BCUT2D eigenvalue weighted by Crippen LogP contribution is -2.41. The Labute approximate surface area is 148 Å². The first-order valence-corrected chi connectivity index (χ1v) is 9.81. The van der Waals surface area contributed by atoms with Gasteiger partial charge in [-0.05, 0) is 56.2 Å². The van der Waals surface area contributed by atoms with Gasteiger partial charge in [-0.3, -0.25) is 0 Å². The summed E-state index contributed by atoms with van der Waals surface area (Å²) in [6, 6.07) is 14.7. The molecule has 0 aromatic heterocycles. The smallest absolute Gasteiger partial charge is 0.343 e. The van der Waals surface area contributed by atoms with Crippen LogP contribution in [0, 0.1) is 0 Å². The SMILES string of the molecule is C[C@@H]1CCCCN1S(=O)(=O)c1ccc(C(=O)Oc2ccccc2)cc1. The quantitative estimate of drug-likeness (QED) is 0.619. The minimum atomic E-state index is -3.53. The molecule has 0 saturated carbocycles. The van der Waals surface area contributed by atoms with E-state index in [9.17, 15) is 13.2 Å². The summed E-state index contributed by atoms with van der Waals surface area (Å²) in [5.41, 5.74) is 0.314. The first kappa shape index (κ1) is 17.6. The zero-order chi connectivity index (χ0) is 17.9. The molecule has 1 fully saturated rings. The Kier molecular flexibility index (Phi) is 5.20. The molecular weight excluding hydrogens is 338 g/mol. The van der Waals surface area contributed by atoms with Gasteiger partial charge in [-0.2, -0.15) is 4.31 Å². The summed E-state index contributed by atoms with van der Waals surface area (Å²) in [6.07, 6.45) is 2.81. The molecule has 0 amide bonds. The Morgan fingerprint density at radius 3 is 2.36 bits per heavy atom. The Morgan fingerprint density at radius 1 is 1.04 bits per heavy atom. The van der Waals surface area contributed by atoms with Crippen LogP contribution in [0.1, 0.15) is 36.5 Å². The third-order valence-electron chi connectivity index (χ3n) is 4.39. The van der Waals surface area contributed by atoms with Crippen molar-refractivity contribution in [3.63, 3.8) is 0 Å². The molecule has 2 aromatic carbocycles. The fourth-order valence-electron chi connectivity index (χ4n) is 2.98. The Bertz CT molecular complexity index is 831. The summed E-state index contributed by atoms with van der Waals surface area (Å²) in [7, 11) is -3.53. The number of hydrogen-bond acceptors (Lipinski definition) is 4. The molecule has 0 aliphatic carbocycles. The normalized spacial score (nSPS) is 18.7. The average Bonchev–Trinajstić information content (AvgIpc) is 2.63. The van der Waals surface area contributed by atoms with Crippen LogP contribution in [0.25, 0.3) is 0 Å². The number of nitrogens with zero attached hydrogens (tertiary/aromatic N) is 1. The van der Waals surface area contributed by atoms with E-state index in [1.807, 2.05) is 13.0 Å². The van der Waals surface area contributed by atoms with Crippen LogP contribution >= 0.6 is 0 Å². The van der Waals surface area contributed by atoms with Crippen molar-refractivity contribution in [2.75, 3.05) is 6.54 Å². The van der Waals surface area contributed by atoms with Crippen molar-refractivity contribution in [2.45, 2.75) is 37.1 Å². The summed E-state index contributed by atoms with van der Waals surface area (Å²) >= 11 is 0. The molecule has 132 valence electrons. The lowest BCUT2D eigenvalue weighted by atomic mass is 10.1. The van der Waals surface area contributed by atoms with Gasteiger partial charge in [0, 0.05) is 12.6 Å². The molecule has 25 heavy (non-hydrogen) atoms. The highest BCUT2D eigenvalue weighted by Crippen LogP contribution is 2.25. The van der Waals surface area contributed by atoms with Gasteiger partial charge >= 0.3 is 5.97 Å². The van der Waals surface area contributed by atoms with Gasteiger partial charge in [0.15, 0.2) is 0 Å². The van der Waals surface area contributed by atoms with E-state index in [-0.39, 0.29) is 10.9 Å². The average molecular weight is 359 g/mol. The summed E-state index contributed by atoms with van der Waals surface area (Å²) in [4.78, 5) is 12.4. The molecule has 5 nitrogen and oxygen atoms in total. The first-order valence-electron chi connectivity index (χ1n) is 8.37. The monoisotopic (exact) mass is 359 g/mol. The van der Waals surface area contributed by atoms with Crippen LogP contribution in [-0.4, -0.2) is 31.3 Å². The maximum Gasteiger partial charge on any atom is 0.343 e. The first-order chi connectivity index (χ1) is 12.0. The molecule has 2 aromatic rings. The minimum absolute atomic E-state index is 0.00136. The van der Waals surface area contributed by atoms with E-state index in [2.05, 4.69) is 0 Å². The number of hydrogen-bond donors (Lipinski definition) is 0. The van der Waals surface area contributed by atoms with Crippen molar-refractivity contribution in [2.24, 2.45) is 0 Å². The zero-order valence-corrected chi connectivity index (χ0v) is 14.9. The van der Waals surface area contributed by atoms with Gasteiger partial charge in [-0.15, -0.1) is 0 Å². The van der Waals surface area contributed by atoms with Crippen molar-refractivity contribution in [1.29, 1.82) is 0 Å². The topological polar surface area (TPSA) is 63.7 Å². The largest absolute Gasteiger partial charge is 0.423 e. The molecule has 0 bridgehead atoms. The van der Waals surface area contributed by atoms with Crippen LogP contribution in [0.2, 0.25) is 0 Å². The third-order valence-corrected chi connectivity index (χ3v) is 6.42. The van der Waals surface area contributed by atoms with Gasteiger partial charge in [-0.1, -0.05) is 24.6 Å². The second kappa shape index (κ2) is 7.37. The molecule has 1 heterocycles. The molecular formula is C19H21NO4S. The number of carbonyl (C=O) groups is 1. The van der Waals surface area contributed by atoms with Crippen LogP contribution in [0.4, 0.5) is 0 Å². The number of para-hydroxylation sites is 1.